The zero-order valence-corrected chi connectivity index (χ0v) is 14.6. The van der Waals surface area contributed by atoms with Crippen LogP contribution in [0.2, 0.25) is 0 Å². The molecule has 0 radical (unpaired) electrons. The molecule has 7 nitrogen and oxygen atoms in total. The topological polar surface area (TPSA) is 82.6 Å². The summed E-state index contributed by atoms with van der Waals surface area (Å²) >= 11 is 0. The van der Waals surface area contributed by atoms with Gasteiger partial charge in [-0.1, -0.05) is 18.2 Å². The first-order valence-corrected chi connectivity index (χ1v) is 8.55. The Morgan fingerprint density at radius 3 is 2.37 bits per heavy atom. The average molecular weight is 370 g/mol. The predicted octanol–water partition coefficient (Wildman–Crippen LogP) is 1.06. The zero-order chi connectivity index (χ0) is 19.2. The van der Waals surface area contributed by atoms with Gasteiger partial charge in [0.15, 0.2) is 0 Å². The summed E-state index contributed by atoms with van der Waals surface area (Å²) in [5, 5.41) is 2.70. The van der Waals surface area contributed by atoms with Gasteiger partial charge < -0.3 is 15.1 Å². The fraction of sp³-hybridized carbons (Fsp3) is 0.263. The molecule has 140 valence electrons. The molecule has 3 rings (SSSR count). The van der Waals surface area contributed by atoms with E-state index in [9.17, 15) is 18.8 Å². The zero-order valence-electron chi connectivity index (χ0n) is 14.6. The van der Waals surface area contributed by atoms with E-state index in [1.54, 1.807) is 34.1 Å². The van der Waals surface area contributed by atoms with Crippen LogP contribution in [0.4, 0.5) is 4.39 Å². The van der Waals surface area contributed by atoms with Gasteiger partial charge in [-0.05, 0) is 29.8 Å². The summed E-state index contributed by atoms with van der Waals surface area (Å²) in [6.45, 7) is 2.05. The van der Waals surface area contributed by atoms with E-state index < -0.39 is 5.91 Å². The molecule has 0 unspecified atom stereocenters. The van der Waals surface area contributed by atoms with Crippen molar-refractivity contribution in [2.75, 3.05) is 26.2 Å². The standard InChI is InChI=1S/C19H19FN4O3/c20-15-6-4-14(5-7-15)12-21-18(26)16-2-1-3-17(22-16)19(27)24-10-8-23(13-25)9-11-24/h1-7,13H,8-12H2,(H,21,26). The number of nitrogens with zero attached hydrogens (tertiary/aromatic N) is 3. The van der Waals surface area contributed by atoms with E-state index in [0.29, 0.717) is 26.2 Å². The van der Waals surface area contributed by atoms with Crippen LogP contribution in [0, 0.1) is 5.82 Å². The van der Waals surface area contributed by atoms with Gasteiger partial charge >= 0.3 is 0 Å². The summed E-state index contributed by atoms with van der Waals surface area (Å²) < 4.78 is 12.9. The predicted molar refractivity (Wildman–Crippen MR) is 95.3 cm³/mol. The number of piperazine rings is 1. The molecule has 1 aromatic carbocycles. The maximum Gasteiger partial charge on any atom is 0.272 e. The summed E-state index contributed by atoms with van der Waals surface area (Å²) in [5.41, 5.74) is 1.07. The Morgan fingerprint density at radius 2 is 1.70 bits per heavy atom. The molecule has 8 heteroatoms. The van der Waals surface area contributed by atoms with Crippen LogP contribution >= 0.6 is 0 Å². The molecule has 2 heterocycles. The van der Waals surface area contributed by atoms with E-state index in [1.165, 1.54) is 18.2 Å². The fourth-order valence-corrected chi connectivity index (χ4v) is 2.75. The maximum atomic E-state index is 12.9. The first kappa shape index (κ1) is 18.5. The summed E-state index contributed by atoms with van der Waals surface area (Å²) in [7, 11) is 0. The highest BCUT2D eigenvalue weighted by molar-refractivity contribution is 5.96. The van der Waals surface area contributed by atoms with Crippen molar-refractivity contribution in [2.45, 2.75) is 6.54 Å². The SMILES string of the molecule is O=CN1CCN(C(=O)c2cccc(C(=O)NCc3ccc(F)cc3)n2)CC1. The lowest BCUT2D eigenvalue weighted by atomic mass is 10.2. The molecule has 0 spiro atoms. The largest absolute Gasteiger partial charge is 0.347 e. The second-order valence-corrected chi connectivity index (χ2v) is 6.15. The molecule has 0 atom stereocenters. The summed E-state index contributed by atoms with van der Waals surface area (Å²) in [4.78, 5) is 43.0. The highest BCUT2D eigenvalue weighted by atomic mass is 19.1. The molecule has 1 N–H and O–H groups in total. The first-order valence-electron chi connectivity index (χ1n) is 8.55. The molecule has 0 aliphatic carbocycles. The Morgan fingerprint density at radius 1 is 1.04 bits per heavy atom. The van der Waals surface area contributed by atoms with Crippen molar-refractivity contribution in [3.63, 3.8) is 0 Å². The summed E-state index contributed by atoms with van der Waals surface area (Å²) in [6.07, 6.45) is 0.770. The minimum Gasteiger partial charge on any atom is -0.347 e. The molecule has 0 bridgehead atoms. The van der Waals surface area contributed by atoms with E-state index in [4.69, 9.17) is 0 Å². The second kappa shape index (κ2) is 8.39. The minimum atomic E-state index is -0.417. The Bertz CT molecular complexity index is 833. The van der Waals surface area contributed by atoms with Crippen LogP contribution < -0.4 is 5.32 Å². The third kappa shape index (κ3) is 4.66. The van der Waals surface area contributed by atoms with Gasteiger partial charge in [0.25, 0.3) is 11.8 Å². The molecule has 1 aliphatic rings. The number of halogens is 1. The van der Waals surface area contributed by atoms with E-state index in [0.717, 1.165) is 12.0 Å². The number of benzene rings is 1. The lowest BCUT2D eigenvalue weighted by Crippen LogP contribution is -2.48. The smallest absolute Gasteiger partial charge is 0.272 e. The number of carbonyl (C=O) groups is 3. The Hall–Kier alpha value is -3.29. The van der Waals surface area contributed by atoms with Crippen LogP contribution in [0.3, 0.4) is 0 Å². The van der Waals surface area contributed by atoms with Gasteiger partial charge in [-0.3, -0.25) is 14.4 Å². The van der Waals surface area contributed by atoms with Gasteiger partial charge in [-0.2, -0.15) is 0 Å². The molecule has 2 aromatic rings. The van der Waals surface area contributed by atoms with Gasteiger partial charge in [-0.25, -0.2) is 9.37 Å². The number of nitrogens with one attached hydrogen (secondary N) is 1. The molecule has 27 heavy (non-hydrogen) atoms. The molecule has 1 saturated heterocycles. The fourth-order valence-electron chi connectivity index (χ4n) is 2.75. The first-order chi connectivity index (χ1) is 13.1. The molecular weight excluding hydrogens is 351 g/mol. The number of hydrogen-bond acceptors (Lipinski definition) is 4. The molecule has 3 amide bonds. The highest BCUT2D eigenvalue weighted by Crippen LogP contribution is 2.08. The van der Waals surface area contributed by atoms with Gasteiger partial charge in [0, 0.05) is 32.7 Å². The number of hydrogen-bond donors (Lipinski definition) is 1. The van der Waals surface area contributed by atoms with Crippen LogP contribution in [0.1, 0.15) is 26.5 Å². The lowest BCUT2D eigenvalue weighted by Gasteiger charge is -2.32. The van der Waals surface area contributed by atoms with E-state index in [2.05, 4.69) is 10.3 Å². The van der Waals surface area contributed by atoms with Gasteiger partial charge in [0.1, 0.15) is 17.2 Å². The van der Waals surface area contributed by atoms with Crippen molar-refractivity contribution in [1.29, 1.82) is 0 Å². The number of carbonyl (C=O) groups excluding carboxylic acids is 3. The molecule has 1 fully saturated rings. The van der Waals surface area contributed by atoms with Crippen molar-refractivity contribution >= 4 is 18.2 Å². The third-order valence-corrected chi connectivity index (χ3v) is 4.32. The van der Waals surface area contributed by atoms with E-state index in [1.807, 2.05) is 0 Å². The molecular formula is C19H19FN4O3. The van der Waals surface area contributed by atoms with E-state index in [-0.39, 0.29) is 29.7 Å². The molecule has 1 aliphatic heterocycles. The molecule has 0 saturated carbocycles. The maximum absolute atomic E-state index is 12.9. The van der Waals surface area contributed by atoms with E-state index >= 15 is 0 Å². The minimum absolute atomic E-state index is 0.134. The lowest BCUT2D eigenvalue weighted by molar-refractivity contribution is -0.119. The van der Waals surface area contributed by atoms with Gasteiger partial charge in [0.2, 0.25) is 6.41 Å². The summed E-state index contributed by atoms with van der Waals surface area (Å²) in [5.74, 6) is -1.03. The highest BCUT2D eigenvalue weighted by Gasteiger charge is 2.22. The van der Waals surface area contributed by atoms with Crippen molar-refractivity contribution in [1.82, 2.24) is 20.1 Å². The van der Waals surface area contributed by atoms with Crippen LogP contribution in [0.5, 0.6) is 0 Å². The van der Waals surface area contributed by atoms with Crippen LogP contribution in [-0.2, 0) is 11.3 Å². The Balaban J connectivity index is 1.62. The number of amides is 3. The average Bonchev–Trinajstić information content (AvgIpc) is 2.72. The van der Waals surface area contributed by atoms with Crippen molar-refractivity contribution in [2.24, 2.45) is 0 Å². The van der Waals surface area contributed by atoms with Crippen LogP contribution in [-0.4, -0.2) is 59.2 Å². The Labute approximate surface area is 155 Å². The van der Waals surface area contributed by atoms with Gasteiger partial charge in [0.05, 0.1) is 0 Å². The number of aromatic nitrogens is 1. The summed E-state index contributed by atoms with van der Waals surface area (Å²) in [6, 6.07) is 10.5. The normalized spacial score (nSPS) is 14.0. The van der Waals surface area contributed by atoms with Crippen molar-refractivity contribution in [3.8, 4) is 0 Å². The monoisotopic (exact) mass is 370 g/mol. The third-order valence-electron chi connectivity index (χ3n) is 4.32. The van der Waals surface area contributed by atoms with Crippen LogP contribution in [0.25, 0.3) is 0 Å². The van der Waals surface area contributed by atoms with Crippen molar-refractivity contribution < 1.29 is 18.8 Å². The Kier molecular flexibility index (Phi) is 5.75. The van der Waals surface area contributed by atoms with Crippen molar-refractivity contribution in [3.05, 3.63) is 65.2 Å². The molecule has 1 aromatic heterocycles. The van der Waals surface area contributed by atoms with Gasteiger partial charge in [-0.15, -0.1) is 0 Å². The number of rotatable bonds is 5. The van der Waals surface area contributed by atoms with Crippen LogP contribution in [0.15, 0.2) is 42.5 Å². The number of pyridine rings is 1. The quantitative estimate of drug-likeness (QED) is 0.798. The second-order valence-electron chi connectivity index (χ2n) is 6.15.